The number of sulfonamides is 1. The van der Waals surface area contributed by atoms with E-state index in [1.807, 2.05) is 12.1 Å². The second kappa shape index (κ2) is 7.32. The van der Waals surface area contributed by atoms with Crippen LogP contribution in [0.15, 0.2) is 23.1 Å². The third-order valence-electron chi connectivity index (χ3n) is 5.20. The molecule has 0 saturated carbocycles. The maximum atomic E-state index is 12.4. The lowest BCUT2D eigenvalue weighted by Gasteiger charge is -2.30. The number of benzene rings is 1. The molecule has 0 bridgehead atoms. The summed E-state index contributed by atoms with van der Waals surface area (Å²) in [7, 11) is -3.36. The van der Waals surface area contributed by atoms with Crippen LogP contribution in [0.25, 0.3) is 0 Å². The SMILES string of the molecule is CC1CCN(CCCNS(=O)(=O)c2ccc3c(c2)CCC3)CC1. The fourth-order valence-electron chi connectivity index (χ4n) is 3.59. The quantitative estimate of drug-likeness (QED) is 0.812. The molecule has 5 heteroatoms. The Labute approximate surface area is 140 Å². The Kier molecular flexibility index (Phi) is 5.39. The molecule has 4 nitrogen and oxygen atoms in total. The molecule has 1 aliphatic carbocycles. The third-order valence-corrected chi connectivity index (χ3v) is 6.66. The Morgan fingerprint density at radius 2 is 1.91 bits per heavy atom. The van der Waals surface area contributed by atoms with E-state index in [4.69, 9.17) is 0 Å². The van der Waals surface area contributed by atoms with Crippen LogP contribution in [-0.4, -0.2) is 39.5 Å². The molecule has 128 valence electrons. The molecule has 0 amide bonds. The summed E-state index contributed by atoms with van der Waals surface area (Å²) in [6.07, 6.45) is 6.63. The van der Waals surface area contributed by atoms with Crippen molar-refractivity contribution >= 4 is 10.0 Å². The van der Waals surface area contributed by atoms with Gasteiger partial charge in [0.25, 0.3) is 0 Å². The lowest BCUT2D eigenvalue weighted by molar-refractivity contribution is 0.191. The van der Waals surface area contributed by atoms with Crippen molar-refractivity contribution < 1.29 is 8.42 Å². The van der Waals surface area contributed by atoms with Crippen molar-refractivity contribution in [2.45, 2.75) is 50.3 Å². The summed E-state index contributed by atoms with van der Waals surface area (Å²) >= 11 is 0. The van der Waals surface area contributed by atoms with Crippen LogP contribution < -0.4 is 4.72 Å². The highest BCUT2D eigenvalue weighted by atomic mass is 32.2. The number of rotatable bonds is 6. The molecule has 1 aromatic carbocycles. The van der Waals surface area contributed by atoms with Crippen molar-refractivity contribution in [2.24, 2.45) is 5.92 Å². The predicted octanol–water partition coefficient (Wildman–Crippen LogP) is 2.58. The molecule has 23 heavy (non-hydrogen) atoms. The topological polar surface area (TPSA) is 49.4 Å². The molecule has 2 aliphatic rings. The van der Waals surface area contributed by atoms with Gasteiger partial charge in [0.15, 0.2) is 0 Å². The Morgan fingerprint density at radius 3 is 2.70 bits per heavy atom. The van der Waals surface area contributed by atoms with E-state index in [9.17, 15) is 8.42 Å². The Bertz CT molecular complexity index is 634. The Hall–Kier alpha value is -0.910. The van der Waals surface area contributed by atoms with Gasteiger partial charge >= 0.3 is 0 Å². The largest absolute Gasteiger partial charge is 0.303 e. The number of nitrogens with zero attached hydrogens (tertiary/aromatic N) is 1. The van der Waals surface area contributed by atoms with Crippen molar-refractivity contribution in [2.75, 3.05) is 26.2 Å². The zero-order valence-electron chi connectivity index (χ0n) is 14.1. The van der Waals surface area contributed by atoms with Crippen LogP contribution in [0.5, 0.6) is 0 Å². The van der Waals surface area contributed by atoms with Crippen LogP contribution >= 0.6 is 0 Å². The van der Waals surface area contributed by atoms with E-state index in [0.29, 0.717) is 11.4 Å². The second-order valence-electron chi connectivity index (χ2n) is 7.06. The standard InChI is InChI=1S/C18H28N2O2S/c1-15-8-12-20(13-9-15)11-3-10-19-23(21,22)18-7-6-16-4-2-5-17(16)14-18/h6-7,14-15,19H,2-5,8-13H2,1H3. The number of nitrogens with one attached hydrogen (secondary N) is 1. The maximum Gasteiger partial charge on any atom is 0.240 e. The summed E-state index contributed by atoms with van der Waals surface area (Å²) in [4.78, 5) is 2.87. The average Bonchev–Trinajstić information content (AvgIpc) is 3.01. The summed E-state index contributed by atoms with van der Waals surface area (Å²) in [5.41, 5.74) is 2.51. The summed E-state index contributed by atoms with van der Waals surface area (Å²) in [6, 6.07) is 5.58. The van der Waals surface area contributed by atoms with Crippen LogP contribution in [0.4, 0.5) is 0 Å². The molecule has 1 saturated heterocycles. The predicted molar refractivity (Wildman–Crippen MR) is 93.1 cm³/mol. The number of hydrogen-bond acceptors (Lipinski definition) is 3. The van der Waals surface area contributed by atoms with Gasteiger partial charge in [-0.15, -0.1) is 0 Å². The first-order chi connectivity index (χ1) is 11.0. The smallest absolute Gasteiger partial charge is 0.240 e. The van der Waals surface area contributed by atoms with Crippen molar-refractivity contribution in [3.8, 4) is 0 Å². The van der Waals surface area contributed by atoms with Gasteiger partial charge in [-0.25, -0.2) is 13.1 Å². The highest BCUT2D eigenvalue weighted by Gasteiger charge is 2.19. The molecule has 0 radical (unpaired) electrons. The second-order valence-corrected chi connectivity index (χ2v) is 8.83. The van der Waals surface area contributed by atoms with E-state index < -0.39 is 10.0 Å². The molecule has 1 N–H and O–H groups in total. The minimum absolute atomic E-state index is 0.421. The average molecular weight is 337 g/mol. The van der Waals surface area contributed by atoms with E-state index in [0.717, 1.165) is 51.2 Å². The van der Waals surface area contributed by atoms with E-state index in [1.54, 1.807) is 6.07 Å². The van der Waals surface area contributed by atoms with Crippen LogP contribution in [0.3, 0.4) is 0 Å². The molecular formula is C18H28N2O2S. The number of aryl methyl sites for hydroxylation is 2. The fraction of sp³-hybridized carbons (Fsp3) is 0.667. The van der Waals surface area contributed by atoms with Crippen LogP contribution in [0.2, 0.25) is 0 Å². The minimum atomic E-state index is -3.36. The molecule has 0 spiro atoms. The number of fused-ring (bicyclic) bond motifs is 1. The van der Waals surface area contributed by atoms with Crippen molar-refractivity contribution in [1.29, 1.82) is 0 Å². The van der Waals surface area contributed by atoms with E-state index >= 15 is 0 Å². The van der Waals surface area contributed by atoms with Crippen LogP contribution in [0.1, 0.15) is 43.7 Å². The Morgan fingerprint density at radius 1 is 1.17 bits per heavy atom. The van der Waals surface area contributed by atoms with Gasteiger partial charge in [-0.2, -0.15) is 0 Å². The summed E-state index contributed by atoms with van der Waals surface area (Å²) < 4.78 is 27.6. The van der Waals surface area contributed by atoms with Crippen LogP contribution in [0, 0.1) is 5.92 Å². The molecular weight excluding hydrogens is 308 g/mol. The lowest BCUT2D eigenvalue weighted by atomic mass is 9.99. The summed E-state index contributed by atoms with van der Waals surface area (Å²) in [5.74, 6) is 0.838. The molecule has 1 aromatic rings. The van der Waals surface area contributed by atoms with Gasteiger partial charge in [-0.1, -0.05) is 13.0 Å². The van der Waals surface area contributed by atoms with Crippen molar-refractivity contribution in [1.82, 2.24) is 9.62 Å². The van der Waals surface area contributed by atoms with Crippen molar-refractivity contribution in [3.63, 3.8) is 0 Å². The molecule has 0 unspecified atom stereocenters. The highest BCUT2D eigenvalue weighted by Crippen LogP contribution is 2.24. The third kappa shape index (κ3) is 4.34. The first-order valence-electron chi connectivity index (χ1n) is 8.88. The number of hydrogen-bond donors (Lipinski definition) is 1. The van der Waals surface area contributed by atoms with Crippen molar-refractivity contribution in [3.05, 3.63) is 29.3 Å². The zero-order valence-corrected chi connectivity index (χ0v) is 14.9. The van der Waals surface area contributed by atoms with Gasteiger partial charge in [-0.05, 0) is 87.3 Å². The molecule has 0 aromatic heterocycles. The fourth-order valence-corrected chi connectivity index (χ4v) is 4.72. The van der Waals surface area contributed by atoms with Gasteiger partial charge in [-0.3, -0.25) is 0 Å². The van der Waals surface area contributed by atoms with Gasteiger partial charge in [0.1, 0.15) is 0 Å². The Balaban J connectivity index is 1.47. The summed E-state index contributed by atoms with van der Waals surface area (Å²) in [6.45, 7) is 6.12. The van der Waals surface area contributed by atoms with Gasteiger partial charge < -0.3 is 4.90 Å². The normalized spacial score (nSPS) is 19.9. The lowest BCUT2D eigenvalue weighted by Crippen LogP contribution is -2.35. The molecule has 0 atom stereocenters. The van der Waals surface area contributed by atoms with Crippen LogP contribution in [-0.2, 0) is 22.9 Å². The van der Waals surface area contributed by atoms with Gasteiger partial charge in [0.2, 0.25) is 10.0 Å². The molecule has 1 fully saturated rings. The van der Waals surface area contributed by atoms with Gasteiger partial charge in [0.05, 0.1) is 4.90 Å². The molecule has 1 heterocycles. The van der Waals surface area contributed by atoms with E-state index in [2.05, 4.69) is 16.5 Å². The van der Waals surface area contributed by atoms with E-state index in [1.165, 1.54) is 24.0 Å². The maximum absolute atomic E-state index is 12.4. The number of likely N-dealkylation sites (tertiary alicyclic amines) is 1. The highest BCUT2D eigenvalue weighted by molar-refractivity contribution is 7.89. The molecule has 3 rings (SSSR count). The zero-order chi connectivity index (χ0) is 16.3. The monoisotopic (exact) mass is 336 g/mol. The summed E-state index contributed by atoms with van der Waals surface area (Å²) in [5, 5.41) is 0. The molecule has 1 aliphatic heterocycles. The van der Waals surface area contributed by atoms with E-state index in [-0.39, 0.29) is 0 Å². The minimum Gasteiger partial charge on any atom is -0.303 e. The number of piperidine rings is 1. The first-order valence-corrected chi connectivity index (χ1v) is 10.4. The first kappa shape index (κ1) is 16.9. The van der Waals surface area contributed by atoms with Gasteiger partial charge in [0, 0.05) is 6.54 Å².